The molecule has 1 saturated carbocycles. The van der Waals surface area contributed by atoms with Gasteiger partial charge < -0.3 is 15.0 Å². The van der Waals surface area contributed by atoms with Crippen molar-refractivity contribution in [3.05, 3.63) is 0 Å². The van der Waals surface area contributed by atoms with Crippen molar-refractivity contribution in [1.29, 1.82) is 0 Å². The van der Waals surface area contributed by atoms with Gasteiger partial charge in [0.2, 0.25) is 5.91 Å². The first-order chi connectivity index (χ1) is 9.72. The number of hydrogen-bond donors (Lipinski definition) is 1. The number of carbonyl (C=O) groups excluding carboxylic acids is 1. The van der Waals surface area contributed by atoms with E-state index in [1.165, 1.54) is 25.7 Å². The lowest BCUT2D eigenvalue weighted by Gasteiger charge is -2.38. The minimum atomic E-state index is 0.243. The Kier molecular flexibility index (Phi) is 4.61. The first-order valence-electron chi connectivity index (χ1n) is 8.37. The minimum absolute atomic E-state index is 0.243. The largest absolute Gasteiger partial charge is 0.375 e. The second-order valence-electron chi connectivity index (χ2n) is 6.90. The summed E-state index contributed by atoms with van der Waals surface area (Å²) in [6.07, 6.45) is 8.01. The van der Waals surface area contributed by atoms with Crippen molar-refractivity contribution in [2.75, 3.05) is 26.2 Å². The quantitative estimate of drug-likeness (QED) is 0.857. The molecule has 1 amide bonds. The zero-order valence-corrected chi connectivity index (χ0v) is 12.6. The molecule has 4 nitrogen and oxygen atoms in total. The van der Waals surface area contributed by atoms with E-state index in [4.69, 9.17) is 4.74 Å². The molecular weight excluding hydrogens is 252 g/mol. The summed E-state index contributed by atoms with van der Waals surface area (Å²) < 4.78 is 6.26. The van der Waals surface area contributed by atoms with E-state index in [-0.39, 0.29) is 5.92 Å². The Morgan fingerprint density at radius 1 is 1.00 bits per heavy atom. The maximum Gasteiger partial charge on any atom is 0.228 e. The molecule has 0 atom stereocenters. The van der Waals surface area contributed by atoms with Crippen molar-refractivity contribution in [3.63, 3.8) is 0 Å². The number of piperidine rings is 1. The van der Waals surface area contributed by atoms with Gasteiger partial charge in [0.05, 0.1) is 18.1 Å². The van der Waals surface area contributed by atoms with Crippen molar-refractivity contribution in [3.8, 4) is 0 Å². The smallest absolute Gasteiger partial charge is 0.228 e. The molecule has 2 saturated heterocycles. The highest BCUT2D eigenvalue weighted by molar-refractivity contribution is 5.80. The Bertz CT molecular complexity index is 327. The predicted octanol–water partition coefficient (Wildman–Crippen LogP) is 1.79. The molecule has 1 N–H and O–H groups in total. The summed E-state index contributed by atoms with van der Waals surface area (Å²) >= 11 is 0. The molecule has 0 aromatic rings. The maximum absolute atomic E-state index is 12.2. The zero-order chi connectivity index (χ0) is 13.9. The average molecular weight is 280 g/mol. The summed E-state index contributed by atoms with van der Waals surface area (Å²) in [4.78, 5) is 14.2. The number of rotatable bonds is 3. The monoisotopic (exact) mass is 280 g/mol. The Morgan fingerprint density at radius 2 is 1.60 bits per heavy atom. The van der Waals surface area contributed by atoms with Crippen LogP contribution in [0, 0.1) is 11.8 Å². The second-order valence-corrected chi connectivity index (χ2v) is 6.90. The van der Waals surface area contributed by atoms with E-state index < -0.39 is 0 Å². The second kappa shape index (κ2) is 6.44. The third-order valence-corrected chi connectivity index (χ3v) is 5.23. The Morgan fingerprint density at radius 3 is 2.15 bits per heavy atom. The van der Waals surface area contributed by atoms with Gasteiger partial charge in [-0.05, 0) is 44.4 Å². The topological polar surface area (TPSA) is 41.6 Å². The lowest BCUT2D eigenvalue weighted by Crippen LogP contribution is -2.54. The molecular formula is C16H28N2O2. The van der Waals surface area contributed by atoms with E-state index in [9.17, 15) is 4.79 Å². The summed E-state index contributed by atoms with van der Waals surface area (Å²) in [5.41, 5.74) is 0. The van der Waals surface area contributed by atoms with E-state index in [2.05, 4.69) is 12.2 Å². The van der Waals surface area contributed by atoms with Gasteiger partial charge in [-0.15, -0.1) is 0 Å². The molecule has 20 heavy (non-hydrogen) atoms. The standard InChI is InChI=1S/C16H28N2O2/c1-12-2-4-14(5-3-12)20-15-6-8-18(9-7-15)16(19)13-10-17-11-13/h12-15,17H,2-11H2,1H3. The van der Waals surface area contributed by atoms with Crippen LogP contribution >= 0.6 is 0 Å². The fourth-order valence-corrected chi connectivity index (χ4v) is 3.57. The summed E-state index contributed by atoms with van der Waals surface area (Å²) in [5, 5.41) is 3.18. The number of amides is 1. The minimum Gasteiger partial charge on any atom is -0.375 e. The number of nitrogens with one attached hydrogen (secondary N) is 1. The van der Waals surface area contributed by atoms with Crippen LogP contribution in [0.3, 0.4) is 0 Å². The van der Waals surface area contributed by atoms with Crippen LogP contribution in [0.4, 0.5) is 0 Å². The van der Waals surface area contributed by atoms with E-state index in [0.29, 0.717) is 18.1 Å². The first-order valence-corrected chi connectivity index (χ1v) is 8.37. The van der Waals surface area contributed by atoms with Gasteiger partial charge in [0.1, 0.15) is 0 Å². The van der Waals surface area contributed by atoms with Crippen molar-refractivity contribution in [2.45, 2.75) is 57.7 Å². The van der Waals surface area contributed by atoms with Gasteiger partial charge in [-0.25, -0.2) is 0 Å². The maximum atomic E-state index is 12.2. The van der Waals surface area contributed by atoms with Gasteiger partial charge in [-0.3, -0.25) is 4.79 Å². The van der Waals surface area contributed by atoms with Crippen LogP contribution in [0.2, 0.25) is 0 Å². The van der Waals surface area contributed by atoms with Gasteiger partial charge in [-0.2, -0.15) is 0 Å². The third-order valence-electron chi connectivity index (χ3n) is 5.23. The molecule has 114 valence electrons. The zero-order valence-electron chi connectivity index (χ0n) is 12.6. The van der Waals surface area contributed by atoms with Crippen LogP contribution in [0.1, 0.15) is 45.4 Å². The van der Waals surface area contributed by atoms with Crippen molar-refractivity contribution in [2.24, 2.45) is 11.8 Å². The highest BCUT2D eigenvalue weighted by atomic mass is 16.5. The molecule has 0 bridgehead atoms. The number of likely N-dealkylation sites (tertiary alicyclic amines) is 1. The number of nitrogens with zero attached hydrogens (tertiary/aromatic N) is 1. The highest BCUT2D eigenvalue weighted by Crippen LogP contribution is 2.28. The molecule has 2 heterocycles. The van der Waals surface area contributed by atoms with Crippen molar-refractivity contribution < 1.29 is 9.53 Å². The lowest BCUT2D eigenvalue weighted by molar-refractivity contribution is -0.140. The van der Waals surface area contributed by atoms with E-state index in [1.807, 2.05) is 4.90 Å². The van der Waals surface area contributed by atoms with E-state index in [1.54, 1.807) is 0 Å². The van der Waals surface area contributed by atoms with Gasteiger partial charge in [0.15, 0.2) is 0 Å². The van der Waals surface area contributed by atoms with Crippen LogP contribution in [0.15, 0.2) is 0 Å². The summed E-state index contributed by atoms with van der Waals surface area (Å²) in [5.74, 6) is 1.48. The summed E-state index contributed by atoms with van der Waals surface area (Å²) in [6.45, 7) is 5.87. The van der Waals surface area contributed by atoms with Gasteiger partial charge in [-0.1, -0.05) is 6.92 Å². The van der Waals surface area contributed by atoms with Crippen LogP contribution < -0.4 is 5.32 Å². The van der Waals surface area contributed by atoms with Crippen LogP contribution in [0.5, 0.6) is 0 Å². The molecule has 2 aliphatic heterocycles. The van der Waals surface area contributed by atoms with Gasteiger partial charge >= 0.3 is 0 Å². The average Bonchev–Trinajstić information content (AvgIpc) is 2.40. The Hall–Kier alpha value is -0.610. The molecule has 0 unspecified atom stereocenters. The molecule has 1 aliphatic carbocycles. The van der Waals surface area contributed by atoms with Crippen molar-refractivity contribution >= 4 is 5.91 Å². The van der Waals surface area contributed by atoms with Gasteiger partial charge in [0, 0.05) is 26.2 Å². The molecule has 3 fully saturated rings. The van der Waals surface area contributed by atoms with E-state index >= 15 is 0 Å². The molecule has 4 heteroatoms. The third kappa shape index (κ3) is 3.34. The number of ether oxygens (including phenoxy) is 1. The normalized spacial score (nSPS) is 33.0. The predicted molar refractivity (Wildman–Crippen MR) is 78.5 cm³/mol. The van der Waals surface area contributed by atoms with Gasteiger partial charge in [0.25, 0.3) is 0 Å². The first kappa shape index (κ1) is 14.3. The highest BCUT2D eigenvalue weighted by Gasteiger charge is 2.32. The molecule has 3 rings (SSSR count). The summed E-state index contributed by atoms with van der Waals surface area (Å²) in [6, 6.07) is 0. The van der Waals surface area contributed by atoms with Crippen LogP contribution in [-0.4, -0.2) is 49.2 Å². The lowest BCUT2D eigenvalue weighted by atomic mass is 9.88. The fraction of sp³-hybridized carbons (Fsp3) is 0.938. The molecule has 0 radical (unpaired) electrons. The Balaban J connectivity index is 1.38. The molecule has 3 aliphatic rings. The molecule has 0 spiro atoms. The Labute approximate surface area is 122 Å². The van der Waals surface area contributed by atoms with Crippen molar-refractivity contribution in [1.82, 2.24) is 10.2 Å². The SMILES string of the molecule is CC1CCC(OC2CCN(C(=O)C3CNC3)CC2)CC1. The fourth-order valence-electron chi connectivity index (χ4n) is 3.57. The summed E-state index contributed by atoms with van der Waals surface area (Å²) in [7, 11) is 0. The number of carbonyl (C=O) groups is 1. The molecule has 0 aromatic carbocycles. The van der Waals surface area contributed by atoms with E-state index in [0.717, 1.165) is 44.9 Å². The van der Waals surface area contributed by atoms with Crippen LogP contribution in [0.25, 0.3) is 0 Å². The number of hydrogen-bond acceptors (Lipinski definition) is 3. The van der Waals surface area contributed by atoms with Crippen LogP contribution in [-0.2, 0) is 9.53 Å². The molecule has 0 aromatic heterocycles.